The summed E-state index contributed by atoms with van der Waals surface area (Å²) >= 11 is 0. The molecule has 132 valence electrons. The Morgan fingerprint density at radius 3 is 2.24 bits per heavy atom. The average Bonchev–Trinajstić information content (AvgIpc) is 2.61. The summed E-state index contributed by atoms with van der Waals surface area (Å²) in [6.07, 6.45) is 0.0811. The van der Waals surface area contributed by atoms with Gasteiger partial charge in [-0.25, -0.2) is 9.59 Å². The van der Waals surface area contributed by atoms with Crippen molar-refractivity contribution in [1.82, 2.24) is 0 Å². The SMILES string of the molecule is CCC(C)c1ccccc1OC(C)C(=O)Oc1ccccc1C(=O)O. The Hall–Kier alpha value is -2.82. The summed E-state index contributed by atoms with van der Waals surface area (Å²) in [5, 5.41) is 9.15. The second kappa shape index (κ2) is 8.33. The number of para-hydroxylation sites is 2. The summed E-state index contributed by atoms with van der Waals surface area (Å²) in [6.45, 7) is 5.76. The van der Waals surface area contributed by atoms with E-state index in [0.717, 1.165) is 12.0 Å². The molecule has 0 fully saturated rings. The molecule has 0 bridgehead atoms. The maximum Gasteiger partial charge on any atom is 0.352 e. The number of hydrogen-bond donors (Lipinski definition) is 1. The molecule has 0 amide bonds. The number of esters is 1. The van der Waals surface area contributed by atoms with Crippen LogP contribution in [-0.4, -0.2) is 23.1 Å². The first-order chi connectivity index (χ1) is 11.9. The lowest BCUT2D eigenvalue weighted by Gasteiger charge is -2.19. The van der Waals surface area contributed by atoms with E-state index in [4.69, 9.17) is 14.6 Å². The summed E-state index contributed by atoms with van der Waals surface area (Å²) in [6, 6.07) is 13.6. The quantitative estimate of drug-likeness (QED) is 0.601. The fourth-order valence-corrected chi connectivity index (χ4v) is 2.38. The fraction of sp³-hybridized carbons (Fsp3) is 0.300. The highest BCUT2D eigenvalue weighted by molar-refractivity contribution is 5.92. The number of carboxylic acids is 1. The Morgan fingerprint density at radius 1 is 1.00 bits per heavy atom. The Morgan fingerprint density at radius 2 is 1.60 bits per heavy atom. The molecule has 0 aliphatic carbocycles. The van der Waals surface area contributed by atoms with E-state index in [-0.39, 0.29) is 11.3 Å². The van der Waals surface area contributed by atoms with E-state index in [1.165, 1.54) is 12.1 Å². The first-order valence-electron chi connectivity index (χ1n) is 8.23. The van der Waals surface area contributed by atoms with Crippen LogP contribution in [0.15, 0.2) is 48.5 Å². The number of carbonyl (C=O) groups is 2. The van der Waals surface area contributed by atoms with Crippen LogP contribution >= 0.6 is 0 Å². The van der Waals surface area contributed by atoms with Crippen LogP contribution in [0, 0.1) is 0 Å². The van der Waals surface area contributed by atoms with Crippen molar-refractivity contribution in [3.63, 3.8) is 0 Å². The number of aromatic carboxylic acids is 1. The predicted octanol–water partition coefficient (Wildman–Crippen LogP) is 4.27. The van der Waals surface area contributed by atoms with Gasteiger partial charge in [-0.2, -0.15) is 0 Å². The third-order valence-electron chi connectivity index (χ3n) is 4.03. The maximum atomic E-state index is 12.3. The van der Waals surface area contributed by atoms with Gasteiger partial charge >= 0.3 is 11.9 Å². The fourth-order valence-electron chi connectivity index (χ4n) is 2.38. The topological polar surface area (TPSA) is 72.8 Å². The lowest BCUT2D eigenvalue weighted by molar-refractivity contribution is -0.141. The molecular weight excluding hydrogens is 320 g/mol. The highest BCUT2D eigenvalue weighted by Crippen LogP contribution is 2.29. The number of ether oxygens (including phenoxy) is 2. The first-order valence-corrected chi connectivity index (χ1v) is 8.23. The molecule has 2 aromatic carbocycles. The number of rotatable bonds is 7. The van der Waals surface area contributed by atoms with Crippen molar-refractivity contribution in [2.24, 2.45) is 0 Å². The van der Waals surface area contributed by atoms with E-state index in [1.54, 1.807) is 19.1 Å². The van der Waals surface area contributed by atoms with Gasteiger partial charge < -0.3 is 14.6 Å². The summed E-state index contributed by atoms with van der Waals surface area (Å²) in [4.78, 5) is 23.5. The van der Waals surface area contributed by atoms with Gasteiger partial charge in [0.05, 0.1) is 0 Å². The van der Waals surface area contributed by atoms with Crippen molar-refractivity contribution in [2.75, 3.05) is 0 Å². The monoisotopic (exact) mass is 342 g/mol. The maximum absolute atomic E-state index is 12.3. The second-order valence-corrected chi connectivity index (χ2v) is 5.83. The Labute approximate surface area is 147 Å². The van der Waals surface area contributed by atoms with Crippen LogP contribution in [-0.2, 0) is 4.79 Å². The molecule has 5 heteroatoms. The smallest absolute Gasteiger partial charge is 0.352 e. The highest BCUT2D eigenvalue weighted by atomic mass is 16.6. The van der Waals surface area contributed by atoms with E-state index in [9.17, 15) is 9.59 Å². The van der Waals surface area contributed by atoms with Crippen molar-refractivity contribution in [1.29, 1.82) is 0 Å². The summed E-state index contributed by atoms with van der Waals surface area (Å²) in [5.41, 5.74) is 0.957. The zero-order chi connectivity index (χ0) is 18.4. The lowest BCUT2D eigenvalue weighted by atomic mass is 9.98. The average molecular weight is 342 g/mol. The Balaban J connectivity index is 2.13. The van der Waals surface area contributed by atoms with Gasteiger partial charge in [-0.1, -0.05) is 44.2 Å². The molecule has 2 aromatic rings. The van der Waals surface area contributed by atoms with Gasteiger partial charge in [-0.15, -0.1) is 0 Å². The number of carboxylic acid groups (broad SMARTS) is 1. The van der Waals surface area contributed by atoms with Gasteiger partial charge in [-0.3, -0.25) is 0 Å². The largest absolute Gasteiger partial charge is 0.479 e. The minimum absolute atomic E-state index is 0.00524. The standard InChI is InChI=1S/C20H22O5/c1-4-13(2)15-9-5-7-11-17(15)24-14(3)20(23)25-18-12-8-6-10-16(18)19(21)22/h5-14H,4H2,1-3H3,(H,21,22). The molecular formula is C20H22O5. The van der Waals surface area contributed by atoms with Crippen molar-refractivity contribution >= 4 is 11.9 Å². The molecule has 25 heavy (non-hydrogen) atoms. The van der Waals surface area contributed by atoms with Gasteiger partial charge in [0.1, 0.15) is 17.1 Å². The van der Waals surface area contributed by atoms with Crippen LogP contribution in [0.5, 0.6) is 11.5 Å². The van der Waals surface area contributed by atoms with Gasteiger partial charge in [0.25, 0.3) is 0 Å². The van der Waals surface area contributed by atoms with Crippen LogP contribution in [0.2, 0.25) is 0 Å². The zero-order valence-corrected chi connectivity index (χ0v) is 14.6. The van der Waals surface area contributed by atoms with Gasteiger partial charge in [0.2, 0.25) is 0 Å². The number of hydrogen-bond acceptors (Lipinski definition) is 4. The number of carbonyl (C=O) groups excluding carboxylic acids is 1. The molecule has 0 saturated heterocycles. The molecule has 0 aliphatic rings. The molecule has 0 spiro atoms. The molecule has 2 rings (SSSR count). The predicted molar refractivity (Wildman–Crippen MR) is 94.3 cm³/mol. The van der Waals surface area contributed by atoms with Gasteiger partial charge in [0.15, 0.2) is 6.10 Å². The zero-order valence-electron chi connectivity index (χ0n) is 14.6. The van der Waals surface area contributed by atoms with Crippen molar-refractivity contribution in [2.45, 2.75) is 39.2 Å². The molecule has 0 radical (unpaired) electrons. The van der Waals surface area contributed by atoms with Crippen molar-refractivity contribution < 1.29 is 24.2 Å². The van der Waals surface area contributed by atoms with Crippen LogP contribution in [0.25, 0.3) is 0 Å². The number of benzene rings is 2. The minimum atomic E-state index is -1.15. The summed E-state index contributed by atoms with van der Waals surface area (Å²) in [7, 11) is 0. The first kappa shape index (κ1) is 18.5. The normalized spacial score (nSPS) is 12.9. The molecule has 0 aromatic heterocycles. The van der Waals surface area contributed by atoms with Crippen LogP contribution in [0.1, 0.15) is 49.0 Å². The highest BCUT2D eigenvalue weighted by Gasteiger charge is 2.22. The summed E-state index contributed by atoms with van der Waals surface area (Å²) in [5.74, 6) is -0.864. The van der Waals surface area contributed by atoms with Crippen LogP contribution < -0.4 is 9.47 Å². The molecule has 1 N–H and O–H groups in total. The van der Waals surface area contributed by atoms with E-state index in [2.05, 4.69) is 13.8 Å². The van der Waals surface area contributed by atoms with E-state index < -0.39 is 18.0 Å². The molecule has 2 unspecified atom stereocenters. The van der Waals surface area contributed by atoms with Crippen molar-refractivity contribution in [3.05, 3.63) is 59.7 Å². The van der Waals surface area contributed by atoms with Crippen LogP contribution in [0.3, 0.4) is 0 Å². The van der Waals surface area contributed by atoms with E-state index >= 15 is 0 Å². The Bertz CT molecular complexity index is 753. The van der Waals surface area contributed by atoms with Gasteiger partial charge in [-0.05, 0) is 43.0 Å². The second-order valence-electron chi connectivity index (χ2n) is 5.83. The molecule has 2 atom stereocenters. The van der Waals surface area contributed by atoms with E-state index in [1.807, 2.05) is 24.3 Å². The lowest BCUT2D eigenvalue weighted by Crippen LogP contribution is -2.29. The van der Waals surface area contributed by atoms with Crippen molar-refractivity contribution in [3.8, 4) is 11.5 Å². The van der Waals surface area contributed by atoms with Crippen LogP contribution in [0.4, 0.5) is 0 Å². The molecule has 5 nitrogen and oxygen atoms in total. The van der Waals surface area contributed by atoms with E-state index in [0.29, 0.717) is 11.7 Å². The van der Waals surface area contributed by atoms with Gasteiger partial charge in [0, 0.05) is 0 Å². The molecule has 0 aliphatic heterocycles. The third kappa shape index (κ3) is 4.59. The molecule has 0 heterocycles. The minimum Gasteiger partial charge on any atom is -0.479 e. The third-order valence-corrected chi connectivity index (χ3v) is 4.03. The molecule has 0 saturated carbocycles. The Kier molecular flexibility index (Phi) is 6.17. The summed E-state index contributed by atoms with van der Waals surface area (Å²) < 4.78 is 11.0.